The minimum atomic E-state index is -0.524. The molecule has 0 radical (unpaired) electrons. The Morgan fingerprint density at radius 1 is 1.11 bits per heavy atom. The van der Waals surface area contributed by atoms with Crippen LogP contribution in [0.3, 0.4) is 0 Å². The van der Waals surface area contributed by atoms with E-state index < -0.39 is 10.8 Å². The molecule has 138 valence electrons. The van der Waals surface area contributed by atoms with E-state index in [0.717, 1.165) is 24.2 Å². The number of nitrogens with zero attached hydrogens (tertiary/aromatic N) is 3. The zero-order valence-corrected chi connectivity index (χ0v) is 14.7. The Bertz CT molecular complexity index is 904. The molecule has 0 atom stereocenters. The number of hydrogen-bond donors (Lipinski definition) is 1. The molecule has 1 aliphatic heterocycles. The Labute approximate surface area is 155 Å². The summed E-state index contributed by atoms with van der Waals surface area (Å²) in [6.07, 6.45) is 1.45. The maximum Gasteiger partial charge on any atom is 0.271 e. The number of hydrazone groups is 1. The number of rotatable bonds is 5. The average molecular weight is 366 g/mol. The van der Waals surface area contributed by atoms with E-state index in [1.165, 1.54) is 24.3 Å². The highest BCUT2D eigenvalue weighted by Gasteiger charge is 2.21. The molecule has 0 aromatic heterocycles. The summed E-state index contributed by atoms with van der Waals surface area (Å²) < 4.78 is 0. The fourth-order valence-electron chi connectivity index (χ4n) is 2.80. The lowest BCUT2D eigenvalue weighted by atomic mass is 10.1. The predicted octanol–water partition coefficient (Wildman–Crippen LogP) is 2.88. The number of carbonyl (C=O) groups excluding carboxylic acids is 2. The fourth-order valence-corrected chi connectivity index (χ4v) is 2.80. The van der Waals surface area contributed by atoms with E-state index in [1.54, 1.807) is 11.8 Å². The second-order valence-corrected chi connectivity index (χ2v) is 6.14. The van der Waals surface area contributed by atoms with Crippen LogP contribution in [-0.2, 0) is 4.79 Å². The summed E-state index contributed by atoms with van der Waals surface area (Å²) in [5, 5.41) is 14.7. The van der Waals surface area contributed by atoms with Crippen LogP contribution < -0.4 is 10.3 Å². The maximum absolute atomic E-state index is 12.1. The third-order valence-corrected chi connectivity index (χ3v) is 4.34. The van der Waals surface area contributed by atoms with Gasteiger partial charge in [0.15, 0.2) is 0 Å². The summed E-state index contributed by atoms with van der Waals surface area (Å²) in [5.74, 6) is -0.327. The second kappa shape index (κ2) is 7.77. The smallest absolute Gasteiger partial charge is 0.271 e. The molecule has 2 amide bonds. The van der Waals surface area contributed by atoms with Crippen LogP contribution in [0.5, 0.6) is 0 Å². The molecule has 1 heterocycles. The van der Waals surface area contributed by atoms with Gasteiger partial charge in [-0.15, -0.1) is 0 Å². The third kappa shape index (κ3) is 4.17. The minimum absolute atomic E-state index is 0.0807. The van der Waals surface area contributed by atoms with Crippen LogP contribution in [0, 0.1) is 10.1 Å². The van der Waals surface area contributed by atoms with Gasteiger partial charge in [-0.25, -0.2) is 5.43 Å². The number of non-ortho nitro benzene ring substituents is 1. The number of carbonyl (C=O) groups is 2. The molecule has 2 aromatic rings. The summed E-state index contributed by atoms with van der Waals surface area (Å²) in [6, 6.07) is 12.7. The zero-order chi connectivity index (χ0) is 19.4. The first-order valence-corrected chi connectivity index (χ1v) is 8.45. The van der Waals surface area contributed by atoms with Crippen molar-refractivity contribution in [3.63, 3.8) is 0 Å². The highest BCUT2D eigenvalue weighted by molar-refractivity contribution is 6.01. The van der Waals surface area contributed by atoms with Crippen molar-refractivity contribution in [2.75, 3.05) is 11.4 Å². The van der Waals surface area contributed by atoms with Gasteiger partial charge in [0, 0.05) is 36.3 Å². The molecule has 1 aliphatic rings. The van der Waals surface area contributed by atoms with E-state index in [-0.39, 0.29) is 17.2 Å². The van der Waals surface area contributed by atoms with Gasteiger partial charge in [0.05, 0.1) is 10.6 Å². The van der Waals surface area contributed by atoms with Crippen LogP contribution in [-0.4, -0.2) is 29.0 Å². The molecule has 1 saturated heterocycles. The van der Waals surface area contributed by atoms with Gasteiger partial charge in [-0.05, 0) is 43.2 Å². The van der Waals surface area contributed by atoms with Crippen molar-refractivity contribution in [1.29, 1.82) is 0 Å². The largest absolute Gasteiger partial charge is 0.312 e. The Kier molecular flexibility index (Phi) is 5.25. The maximum atomic E-state index is 12.1. The number of amides is 2. The van der Waals surface area contributed by atoms with E-state index in [0.29, 0.717) is 12.1 Å². The Hall–Kier alpha value is -3.55. The van der Waals surface area contributed by atoms with Crippen LogP contribution in [0.15, 0.2) is 53.6 Å². The molecular formula is C19H18N4O4. The van der Waals surface area contributed by atoms with Gasteiger partial charge < -0.3 is 4.90 Å². The lowest BCUT2D eigenvalue weighted by molar-refractivity contribution is -0.384. The van der Waals surface area contributed by atoms with Gasteiger partial charge in [-0.2, -0.15) is 5.10 Å². The molecule has 0 saturated carbocycles. The molecular weight excluding hydrogens is 348 g/mol. The van der Waals surface area contributed by atoms with Gasteiger partial charge in [0.2, 0.25) is 5.91 Å². The number of nitrogens with one attached hydrogen (secondary N) is 1. The number of nitro benzene ring substituents is 1. The van der Waals surface area contributed by atoms with E-state index >= 15 is 0 Å². The van der Waals surface area contributed by atoms with Crippen LogP contribution in [0.4, 0.5) is 11.4 Å². The molecule has 8 heteroatoms. The van der Waals surface area contributed by atoms with Gasteiger partial charge >= 0.3 is 0 Å². The van der Waals surface area contributed by atoms with E-state index in [9.17, 15) is 19.7 Å². The van der Waals surface area contributed by atoms with Gasteiger partial charge in [-0.3, -0.25) is 19.7 Å². The van der Waals surface area contributed by atoms with Gasteiger partial charge in [0.25, 0.3) is 11.6 Å². The van der Waals surface area contributed by atoms with Crippen molar-refractivity contribution in [3.8, 4) is 0 Å². The van der Waals surface area contributed by atoms with Crippen molar-refractivity contribution >= 4 is 28.9 Å². The topological polar surface area (TPSA) is 105 Å². The summed E-state index contributed by atoms with van der Waals surface area (Å²) in [7, 11) is 0. The first-order chi connectivity index (χ1) is 13.0. The van der Waals surface area contributed by atoms with E-state index in [1.807, 2.05) is 24.3 Å². The molecule has 0 spiro atoms. The molecule has 8 nitrogen and oxygen atoms in total. The van der Waals surface area contributed by atoms with E-state index in [2.05, 4.69) is 10.5 Å². The van der Waals surface area contributed by atoms with Crippen LogP contribution in [0.2, 0.25) is 0 Å². The van der Waals surface area contributed by atoms with Crippen LogP contribution in [0.25, 0.3) is 0 Å². The minimum Gasteiger partial charge on any atom is -0.312 e. The highest BCUT2D eigenvalue weighted by Crippen LogP contribution is 2.21. The van der Waals surface area contributed by atoms with Crippen molar-refractivity contribution in [2.45, 2.75) is 19.8 Å². The molecule has 1 N–H and O–H groups in total. The highest BCUT2D eigenvalue weighted by atomic mass is 16.6. The van der Waals surface area contributed by atoms with Crippen LogP contribution >= 0.6 is 0 Å². The van der Waals surface area contributed by atoms with Gasteiger partial charge in [0.1, 0.15) is 0 Å². The van der Waals surface area contributed by atoms with Crippen molar-refractivity contribution in [3.05, 3.63) is 69.8 Å². The lowest BCUT2D eigenvalue weighted by Crippen LogP contribution is -2.23. The van der Waals surface area contributed by atoms with Crippen LogP contribution in [0.1, 0.15) is 35.7 Å². The summed E-state index contributed by atoms with van der Waals surface area (Å²) in [4.78, 5) is 35.7. The standard InChI is InChI=1S/C19H18N4O4/c1-13(14-4-8-16(9-5-14)22-12-2-3-18(22)24)20-21-19(25)15-6-10-17(11-7-15)23(26)27/h4-11H,2-3,12H2,1H3,(H,21,25)/b20-13-. The normalized spacial score (nSPS) is 14.3. The summed E-state index contributed by atoms with van der Waals surface area (Å²) >= 11 is 0. The molecule has 27 heavy (non-hydrogen) atoms. The van der Waals surface area contributed by atoms with Crippen molar-refractivity contribution < 1.29 is 14.5 Å². The first-order valence-electron chi connectivity index (χ1n) is 8.45. The Morgan fingerprint density at radius 3 is 2.30 bits per heavy atom. The van der Waals surface area contributed by atoms with E-state index in [4.69, 9.17) is 0 Å². The SMILES string of the molecule is C/C(=N/NC(=O)c1ccc([N+](=O)[O-])cc1)c1ccc(N2CCCC2=O)cc1. The first kappa shape index (κ1) is 18.2. The molecule has 3 rings (SSSR count). The molecule has 0 unspecified atom stereocenters. The fraction of sp³-hybridized carbons (Fsp3) is 0.211. The van der Waals surface area contributed by atoms with Crippen molar-refractivity contribution in [2.24, 2.45) is 5.10 Å². The lowest BCUT2D eigenvalue weighted by Gasteiger charge is -2.15. The van der Waals surface area contributed by atoms with Crippen molar-refractivity contribution in [1.82, 2.24) is 5.43 Å². The molecule has 2 aromatic carbocycles. The summed E-state index contributed by atoms with van der Waals surface area (Å²) in [6.45, 7) is 2.49. The number of benzene rings is 2. The number of anilines is 1. The monoisotopic (exact) mass is 366 g/mol. The summed E-state index contributed by atoms with van der Waals surface area (Å²) in [5.41, 5.74) is 4.90. The average Bonchev–Trinajstić information content (AvgIpc) is 3.12. The predicted molar refractivity (Wildman–Crippen MR) is 101 cm³/mol. The molecule has 1 fully saturated rings. The zero-order valence-electron chi connectivity index (χ0n) is 14.7. The second-order valence-electron chi connectivity index (χ2n) is 6.14. The quantitative estimate of drug-likeness (QED) is 0.499. The third-order valence-electron chi connectivity index (χ3n) is 4.34. The molecule has 0 bridgehead atoms. The molecule has 0 aliphatic carbocycles. The Morgan fingerprint density at radius 2 is 1.74 bits per heavy atom. The number of hydrogen-bond acceptors (Lipinski definition) is 5. The number of nitro groups is 1. The van der Waals surface area contributed by atoms with Gasteiger partial charge in [-0.1, -0.05) is 12.1 Å². The Balaban J connectivity index is 1.65.